The molecule has 1 aliphatic heterocycles. The van der Waals surface area contributed by atoms with E-state index in [1.807, 2.05) is 10.8 Å². The van der Waals surface area contributed by atoms with E-state index in [0.717, 1.165) is 11.5 Å². The van der Waals surface area contributed by atoms with Crippen molar-refractivity contribution in [3.8, 4) is 11.5 Å². The largest absolute Gasteiger partial charge is 1.00 e. The normalized spacial score (nSPS) is 16.7. The zero-order valence-electron chi connectivity index (χ0n) is 11.8. The fraction of sp³-hybridized carbons (Fsp3) is 0.231. The van der Waals surface area contributed by atoms with Gasteiger partial charge in [-0.05, 0) is 24.3 Å². The first-order valence-corrected chi connectivity index (χ1v) is 8.53. The van der Waals surface area contributed by atoms with Crippen LogP contribution in [0.5, 0.6) is 11.5 Å². The van der Waals surface area contributed by atoms with Crippen LogP contribution in [0.25, 0.3) is 0 Å². The predicted molar refractivity (Wildman–Crippen MR) is 77.1 cm³/mol. The third kappa shape index (κ3) is 4.45. The standard InChI is InChI=1S/C13H13NO5S2.K/c15-21(16,17)11-3-1-9(2-4-11)14-5-10-6-18-12-7-20-8-13(12)19-10;/h1-4,7-8,10,14H,5-6H2,(H,15,16,17);/q;+1/p-1. The van der Waals surface area contributed by atoms with Crippen molar-refractivity contribution in [2.75, 3.05) is 18.5 Å². The van der Waals surface area contributed by atoms with Crippen molar-refractivity contribution in [1.82, 2.24) is 0 Å². The summed E-state index contributed by atoms with van der Waals surface area (Å²) in [5.41, 5.74) is 0.710. The van der Waals surface area contributed by atoms with Crippen molar-refractivity contribution in [1.29, 1.82) is 0 Å². The van der Waals surface area contributed by atoms with E-state index >= 15 is 0 Å². The molecule has 112 valence electrons. The van der Waals surface area contributed by atoms with Gasteiger partial charge in [0, 0.05) is 16.4 Å². The molecule has 1 aliphatic rings. The number of rotatable bonds is 4. The molecule has 1 aromatic carbocycles. The minimum atomic E-state index is -4.40. The predicted octanol–water partition coefficient (Wildman–Crippen LogP) is -1.09. The van der Waals surface area contributed by atoms with E-state index in [4.69, 9.17) is 9.47 Å². The van der Waals surface area contributed by atoms with Gasteiger partial charge in [-0.3, -0.25) is 0 Å². The zero-order valence-corrected chi connectivity index (χ0v) is 16.6. The molecule has 0 saturated heterocycles. The molecule has 6 nitrogen and oxygen atoms in total. The first kappa shape index (κ1) is 18.2. The average Bonchev–Trinajstić information content (AvgIpc) is 2.92. The summed E-state index contributed by atoms with van der Waals surface area (Å²) in [6.45, 7) is 0.961. The number of ether oxygens (including phenoxy) is 2. The molecule has 1 aromatic heterocycles. The van der Waals surface area contributed by atoms with Crippen LogP contribution < -0.4 is 66.2 Å². The van der Waals surface area contributed by atoms with Gasteiger partial charge < -0.3 is 19.3 Å². The van der Waals surface area contributed by atoms with Gasteiger partial charge in [0.05, 0.1) is 11.4 Å². The first-order chi connectivity index (χ1) is 10.0. The monoisotopic (exact) mass is 365 g/mol. The molecule has 2 heterocycles. The van der Waals surface area contributed by atoms with Gasteiger partial charge in [-0.1, -0.05) is 0 Å². The molecule has 0 radical (unpaired) electrons. The van der Waals surface area contributed by atoms with Crippen LogP contribution in [-0.4, -0.2) is 32.2 Å². The van der Waals surface area contributed by atoms with Gasteiger partial charge in [-0.15, -0.1) is 11.3 Å². The van der Waals surface area contributed by atoms with Gasteiger partial charge in [-0.25, -0.2) is 8.42 Å². The van der Waals surface area contributed by atoms with E-state index in [9.17, 15) is 13.0 Å². The van der Waals surface area contributed by atoms with E-state index in [-0.39, 0.29) is 62.4 Å². The van der Waals surface area contributed by atoms with Gasteiger partial charge in [0.25, 0.3) is 0 Å². The number of anilines is 1. The number of fused-ring (bicyclic) bond motifs is 1. The summed E-state index contributed by atoms with van der Waals surface area (Å²) in [6, 6.07) is 5.65. The molecular formula is C13H12KNO5S2. The van der Waals surface area contributed by atoms with Crippen molar-refractivity contribution in [2.45, 2.75) is 11.0 Å². The smallest absolute Gasteiger partial charge is 0.744 e. The summed E-state index contributed by atoms with van der Waals surface area (Å²) in [5.74, 6) is 1.51. The minimum Gasteiger partial charge on any atom is -0.744 e. The molecule has 3 rings (SSSR count). The summed E-state index contributed by atoms with van der Waals surface area (Å²) >= 11 is 1.52. The van der Waals surface area contributed by atoms with Gasteiger partial charge in [0.2, 0.25) is 0 Å². The number of nitrogens with one attached hydrogen (secondary N) is 1. The van der Waals surface area contributed by atoms with Crippen LogP contribution in [0.1, 0.15) is 0 Å². The molecule has 0 bridgehead atoms. The Kier molecular flexibility index (Phi) is 6.31. The fourth-order valence-electron chi connectivity index (χ4n) is 1.93. The molecular weight excluding hydrogens is 353 g/mol. The SMILES string of the molecule is O=S(=O)([O-])c1ccc(NCC2COc3cscc3O2)cc1.[K+]. The molecule has 0 spiro atoms. The van der Waals surface area contributed by atoms with E-state index in [1.165, 1.54) is 23.5 Å². The van der Waals surface area contributed by atoms with E-state index < -0.39 is 10.1 Å². The van der Waals surface area contributed by atoms with Crippen molar-refractivity contribution in [2.24, 2.45) is 0 Å². The molecule has 1 unspecified atom stereocenters. The molecule has 0 saturated carbocycles. The summed E-state index contributed by atoms with van der Waals surface area (Å²) in [6.07, 6.45) is -0.130. The molecule has 1 atom stereocenters. The maximum atomic E-state index is 10.8. The topological polar surface area (TPSA) is 87.7 Å². The molecule has 0 aliphatic carbocycles. The van der Waals surface area contributed by atoms with Crippen LogP contribution in [-0.2, 0) is 10.1 Å². The Hall–Kier alpha value is -0.134. The van der Waals surface area contributed by atoms with Crippen LogP contribution >= 0.6 is 11.3 Å². The summed E-state index contributed by atoms with van der Waals surface area (Å²) in [4.78, 5) is -0.242. The van der Waals surface area contributed by atoms with Gasteiger partial charge in [-0.2, -0.15) is 0 Å². The van der Waals surface area contributed by atoms with Crippen molar-refractivity contribution in [3.05, 3.63) is 35.0 Å². The Balaban J connectivity index is 0.00000176. The zero-order chi connectivity index (χ0) is 14.9. The Morgan fingerprint density at radius 3 is 2.59 bits per heavy atom. The van der Waals surface area contributed by atoms with Gasteiger partial charge in [0.15, 0.2) is 11.5 Å². The Bertz CT molecular complexity index is 729. The summed E-state index contributed by atoms with van der Waals surface area (Å²) < 4.78 is 43.8. The van der Waals surface area contributed by atoms with Crippen molar-refractivity contribution in [3.63, 3.8) is 0 Å². The van der Waals surface area contributed by atoms with Gasteiger partial charge in [0.1, 0.15) is 22.8 Å². The first-order valence-electron chi connectivity index (χ1n) is 6.18. The fourth-order valence-corrected chi connectivity index (χ4v) is 3.07. The van der Waals surface area contributed by atoms with E-state index in [0.29, 0.717) is 18.8 Å². The van der Waals surface area contributed by atoms with E-state index in [1.54, 1.807) is 12.1 Å². The number of hydrogen-bond donors (Lipinski definition) is 1. The Labute approximate surface area is 175 Å². The van der Waals surface area contributed by atoms with Gasteiger partial charge >= 0.3 is 51.4 Å². The van der Waals surface area contributed by atoms with Crippen LogP contribution in [0, 0.1) is 0 Å². The molecule has 1 N–H and O–H groups in total. The van der Waals surface area contributed by atoms with Crippen LogP contribution in [0.2, 0.25) is 0 Å². The molecule has 22 heavy (non-hydrogen) atoms. The molecule has 2 aromatic rings. The third-order valence-corrected chi connectivity index (χ3v) is 4.54. The molecule has 0 amide bonds. The van der Waals surface area contributed by atoms with Crippen molar-refractivity contribution < 1.29 is 73.8 Å². The Morgan fingerprint density at radius 2 is 1.91 bits per heavy atom. The van der Waals surface area contributed by atoms with Crippen LogP contribution in [0.4, 0.5) is 5.69 Å². The second kappa shape index (κ2) is 7.62. The number of benzene rings is 1. The molecule has 0 fully saturated rings. The quantitative estimate of drug-likeness (QED) is 0.547. The number of thiophene rings is 1. The Morgan fingerprint density at radius 1 is 1.23 bits per heavy atom. The second-order valence-corrected chi connectivity index (χ2v) is 6.63. The number of hydrogen-bond acceptors (Lipinski definition) is 7. The van der Waals surface area contributed by atoms with Crippen molar-refractivity contribution >= 4 is 27.1 Å². The minimum absolute atomic E-state index is 0. The summed E-state index contributed by atoms with van der Waals surface area (Å²) in [5, 5.41) is 6.89. The third-order valence-electron chi connectivity index (χ3n) is 2.99. The second-order valence-electron chi connectivity index (χ2n) is 4.51. The van der Waals surface area contributed by atoms with Crippen LogP contribution in [0.3, 0.4) is 0 Å². The average molecular weight is 365 g/mol. The summed E-state index contributed by atoms with van der Waals surface area (Å²) in [7, 11) is -4.40. The van der Waals surface area contributed by atoms with Crippen LogP contribution in [0.15, 0.2) is 39.9 Å². The maximum Gasteiger partial charge on any atom is 1.00 e. The molecule has 9 heteroatoms. The maximum absolute atomic E-state index is 10.8. The van der Waals surface area contributed by atoms with E-state index in [2.05, 4.69) is 5.32 Å².